The van der Waals surface area contributed by atoms with Crippen LogP contribution in [0.25, 0.3) is 0 Å². The molecule has 2 aromatic rings. The van der Waals surface area contributed by atoms with Crippen LogP contribution in [-0.2, 0) is 6.54 Å². The summed E-state index contributed by atoms with van der Waals surface area (Å²) in [5, 5.41) is 24.6. The predicted octanol–water partition coefficient (Wildman–Crippen LogP) is -0.00780. The van der Waals surface area contributed by atoms with Crippen molar-refractivity contribution < 1.29 is 19.2 Å². The van der Waals surface area contributed by atoms with Crippen LogP contribution in [0.1, 0.15) is 5.56 Å². The van der Waals surface area contributed by atoms with Crippen LogP contribution in [0.15, 0.2) is 35.0 Å². The van der Waals surface area contributed by atoms with Crippen molar-refractivity contribution in [2.75, 3.05) is 0 Å². The number of aromatic nitrogens is 2. The highest BCUT2D eigenvalue weighted by molar-refractivity contribution is 5.32. The van der Waals surface area contributed by atoms with E-state index in [2.05, 4.69) is 9.79 Å². The van der Waals surface area contributed by atoms with Crippen LogP contribution >= 0.6 is 0 Å². The topological polar surface area (TPSA) is 96.1 Å². The van der Waals surface area contributed by atoms with Crippen molar-refractivity contribution >= 4 is 5.69 Å². The van der Waals surface area contributed by atoms with E-state index >= 15 is 0 Å². The summed E-state index contributed by atoms with van der Waals surface area (Å²) in [6.45, 7) is 0.337. The molecule has 0 aliphatic rings. The summed E-state index contributed by atoms with van der Waals surface area (Å²) in [5.74, 6) is -0.526. The Bertz CT molecular complexity index is 506. The lowest BCUT2D eigenvalue weighted by Crippen LogP contribution is -2.35. The highest BCUT2D eigenvalue weighted by atomic mass is 16.6. The lowest BCUT2D eigenvalue weighted by molar-refractivity contribution is -0.754. The largest absolute Gasteiger partial charge is 0.539 e. The summed E-state index contributed by atoms with van der Waals surface area (Å²) in [7, 11) is 0. The van der Waals surface area contributed by atoms with E-state index in [0.717, 1.165) is 5.56 Å². The number of nitrogens with zero attached hydrogens (tertiary/aromatic N) is 3. The Balaban J connectivity index is 2.14. The van der Waals surface area contributed by atoms with Gasteiger partial charge in [0.25, 0.3) is 5.69 Å². The van der Waals surface area contributed by atoms with Crippen molar-refractivity contribution in [3.05, 3.63) is 46.1 Å². The standard InChI is InChI=1S/C9H7N3O4/c13-9-6-11(10-16-9)5-7-1-3-8(4-2-7)12(14)15/h1-4,6H,5H2. The Hall–Kier alpha value is -2.44. The molecular weight excluding hydrogens is 214 g/mol. The molecule has 0 amide bonds. The minimum absolute atomic E-state index is 0.0263. The van der Waals surface area contributed by atoms with Crippen LogP contribution in [-0.4, -0.2) is 10.2 Å². The quantitative estimate of drug-likeness (QED) is 0.412. The van der Waals surface area contributed by atoms with Crippen LogP contribution in [0.3, 0.4) is 0 Å². The first-order valence-corrected chi connectivity index (χ1v) is 4.42. The molecule has 7 nitrogen and oxygen atoms in total. The van der Waals surface area contributed by atoms with Gasteiger partial charge in [0.15, 0.2) is 0 Å². The molecule has 2 rings (SSSR count). The van der Waals surface area contributed by atoms with Gasteiger partial charge < -0.3 is 9.63 Å². The van der Waals surface area contributed by atoms with Gasteiger partial charge in [0.05, 0.1) is 10.2 Å². The SMILES string of the molecule is O=[N+]([O-])c1ccc(C[n+]2cc([O-])on2)cc1. The zero-order chi connectivity index (χ0) is 11.5. The molecule has 0 radical (unpaired) electrons. The fraction of sp³-hybridized carbons (Fsp3) is 0.111. The molecule has 1 aromatic heterocycles. The highest BCUT2D eigenvalue weighted by Crippen LogP contribution is 2.11. The van der Waals surface area contributed by atoms with Crippen molar-refractivity contribution in [3.8, 4) is 5.95 Å². The van der Waals surface area contributed by atoms with Crippen molar-refractivity contribution in [2.24, 2.45) is 0 Å². The van der Waals surface area contributed by atoms with Gasteiger partial charge in [-0.2, -0.15) is 0 Å². The zero-order valence-corrected chi connectivity index (χ0v) is 8.07. The van der Waals surface area contributed by atoms with Gasteiger partial charge in [0.2, 0.25) is 12.7 Å². The molecule has 0 spiro atoms. The van der Waals surface area contributed by atoms with Crippen LogP contribution in [0, 0.1) is 10.1 Å². The fourth-order valence-corrected chi connectivity index (χ4v) is 1.25. The third-order valence-corrected chi connectivity index (χ3v) is 1.98. The van der Waals surface area contributed by atoms with E-state index in [1.807, 2.05) is 0 Å². The Kier molecular flexibility index (Phi) is 2.50. The minimum Gasteiger partial charge on any atom is -0.539 e. The lowest BCUT2D eigenvalue weighted by Gasteiger charge is -1.93. The number of benzene rings is 1. The second-order valence-corrected chi connectivity index (χ2v) is 3.14. The average Bonchev–Trinajstić information content (AvgIpc) is 2.65. The van der Waals surface area contributed by atoms with Crippen LogP contribution in [0.5, 0.6) is 5.95 Å². The van der Waals surface area contributed by atoms with Gasteiger partial charge >= 0.3 is 0 Å². The molecule has 1 aromatic carbocycles. The van der Waals surface area contributed by atoms with Crippen LogP contribution in [0.4, 0.5) is 5.69 Å². The Morgan fingerprint density at radius 3 is 2.56 bits per heavy atom. The summed E-state index contributed by atoms with van der Waals surface area (Å²) in [4.78, 5) is 9.94. The van der Waals surface area contributed by atoms with E-state index in [1.165, 1.54) is 23.0 Å². The molecule has 82 valence electrons. The van der Waals surface area contributed by atoms with E-state index in [-0.39, 0.29) is 5.69 Å². The summed E-state index contributed by atoms with van der Waals surface area (Å²) in [6.07, 6.45) is 1.21. The Morgan fingerprint density at radius 2 is 2.06 bits per heavy atom. The van der Waals surface area contributed by atoms with Gasteiger partial charge in [0.1, 0.15) is 5.95 Å². The second-order valence-electron chi connectivity index (χ2n) is 3.14. The zero-order valence-electron chi connectivity index (χ0n) is 8.07. The molecule has 16 heavy (non-hydrogen) atoms. The summed E-state index contributed by atoms with van der Waals surface area (Å²) in [6, 6.07) is 6.00. The number of non-ortho nitro benzene ring substituents is 1. The molecule has 0 N–H and O–H groups in total. The second kappa shape index (κ2) is 3.97. The molecule has 0 saturated carbocycles. The molecule has 7 heteroatoms. The van der Waals surface area contributed by atoms with Crippen LogP contribution < -0.4 is 9.79 Å². The number of nitro groups is 1. The summed E-state index contributed by atoms with van der Waals surface area (Å²) >= 11 is 0. The number of nitro benzene ring substituents is 1. The summed E-state index contributed by atoms with van der Waals surface area (Å²) in [5.41, 5.74) is 0.822. The van der Waals surface area contributed by atoms with Gasteiger partial charge in [0, 0.05) is 17.7 Å². The van der Waals surface area contributed by atoms with E-state index in [1.54, 1.807) is 12.1 Å². The maximum absolute atomic E-state index is 10.7. The molecule has 0 aliphatic heterocycles. The van der Waals surface area contributed by atoms with Crippen molar-refractivity contribution in [3.63, 3.8) is 0 Å². The lowest BCUT2D eigenvalue weighted by atomic mass is 10.2. The monoisotopic (exact) mass is 221 g/mol. The highest BCUT2D eigenvalue weighted by Gasteiger charge is 2.08. The number of hydrogen-bond donors (Lipinski definition) is 0. The van der Waals surface area contributed by atoms with Gasteiger partial charge in [-0.15, -0.1) is 0 Å². The van der Waals surface area contributed by atoms with Crippen molar-refractivity contribution in [2.45, 2.75) is 6.54 Å². The minimum atomic E-state index is -0.526. The number of rotatable bonds is 3. The fourth-order valence-electron chi connectivity index (χ4n) is 1.25. The molecular formula is C9H7N3O4. The van der Waals surface area contributed by atoms with E-state index in [0.29, 0.717) is 6.54 Å². The van der Waals surface area contributed by atoms with Gasteiger partial charge in [-0.25, -0.2) is 0 Å². The molecule has 0 aliphatic carbocycles. The number of hydrogen-bond acceptors (Lipinski definition) is 5. The van der Waals surface area contributed by atoms with E-state index in [4.69, 9.17) is 0 Å². The van der Waals surface area contributed by atoms with Crippen molar-refractivity contribution in [1.82, 2.24) is 5.27 Å². The van der Waals surface area contributed by atoms with Crippen LogP contribution in [0.2, 0.25) is 0 Å². The molecule has 0 atom stereocenters. The average molecular weight is 221 g/mol. The Labute approximate surface area is 89.7 Å². The van der Waals surface area contributed by atoms with Gasteiger partial charge in [-0.05, 0) is 12.1 Å². The maximum Gasteiger partial charge on any atom is 0.269 e. The third-order valence-electron chi connectivity index (χ3n) is 1.98. The predicted molar refractivity (Wildman–Crippen MR) is 48.3 cm³/mol. The first kappa shape index (κ1) is 10.1. The molecule has 1 heterocycles. The normalized spacial score (nSPS) is 10.2. The first-order chi connectivity index (χ1) is 7.65. The smallest absolute Gasteiger partial charge is 0.269 e. The van der Waals surface area contributed by atoms with Gasteiger partial charge in [-0.1, -0.05) is 4.68 Å². The molecule has 0 bridgehead atoms. The first-order valence-electron chi connectivity index (χ1n) is 4.42. The van der Waals surface area contributed by atoms with E-state index in [9.17, 15) is 15.2 Å². The van der Waals surface area contributed by atoms with E-state index < -0.39 is 10.9 Å². The summed E-state index contributed by atoms with van der Waals surface area (Å²) < 4.78 is 5.67. The maximum atomic E-state index is 10.7. The molecule has 0 unspecified atom stereocenters. The molecule has 0 saturated heterocycles. The Morgan fingerprint density at radius 1 is 1.38 bits per heavy atom. The van der Waals surface area contributed by atoms with Gasteiger partial charge in [-0.3, -0.25) is 10.1 Å². The molecule has 0 fully saturated rings. The van der Waals surface area contributed by atoms with Crippen molar-refractivity contribution in [1.29, 1.82) is 0 Å². The third kappa shape index (κ3) is 2.14.